The van der Waals surface area contributed by atoms with E-state index < -0.39 is 9.93 Å². The molecule has 0 N–H and O–H groups in total. The lowest BCUT2D eigenvalue weighted by molar-refractivity contribution is -0.157. The zero-order valence-electron chi connectivity index (χ0n) is 10.0. The third-order valence-corrected chi connectivity index (χ3v) is 3.29. The number of hydrogen-bond acceptors (Lipinski definition) is 3. The molecule has 0 saturated heterocycles. The fourth-order valence-corrected chi connectivity index (χ4v) is 2.05. The Kier molecular flexibility index (Phi) is 2.86. The number of fused-ring (bicyclic) bond motifs is 1. The molecule has 1 aromatic rings. The second kappa shape index (κ2) is 3.95. The predicted molar refractivity (Wildman–Crippen MR) is 70.7 cm³/mol. The summed E-state index contributed by atoms with van der Waals surface area (Å²) in [5, 5.41) is 0. The third kappa shape index (κ3) is 2.27. The fraction of sp³-hybridized carbons (Fsp3) is 0.385. The molecular formula is C13H14BrNO2. The molecule has 1 heterocycles. The molecule has 0 aromatic heterocycles. The normalized spacial score (nSPS) is 22.4. The number of rotatable bonds is 1. The molecule has 17 heavy (non-hydrogen) atoms. The maximum atomic E-state index is 11.9. The summed E-state index contributed by atoms with van der Waals surface area (Å²) in [6.07, 6.45) is 1.61. The van der Waals surface area contributed by atoms with Crippen molar-refractivity contribution in [2.24, 2.45) is 10.4 Å². The van der Waals surface area contributed by atoms with E-state index in [9.17, 15) is 4.79 Å². The minimum absolute atomic E-state index is 0.266. The number of para-hydroxylation sites is 1. The Bertz CT molecular complexity index is 490. The highest BCUT2D eigenvalue weighted by molar-refractivity contribution is 9.10. The van der Waals surface area contributed by atoms with E-state index in [0.717, 1.165) is 11.3 Å². The van der Waals surface area contributed by atoms with Gasteiger partial charge in [-0.05, 0) is 42.8 Å². The summed E-state index contributed by atoms with van der Waals surface area (Å²) in [5.74, 6) is -0.266. The van der Waals surface area contributed by atoms with Crippen LogP contribution in [0, 0.1) is 5.41 Å². The lowest BCUT2D eigenvalue weighted by atomic mass is 9.97. The largest absolute Gasteiger partial charge is 0.437 e. The second-order valence-electron chi connectivity index (χ2n) is 5.06. The Balaban J connectivity index is 2.29. The van der Waals surface area contributed by atoms with Gasteiger partial charge in [0.25, 0.3) is 0 Å². The van der Waals surface area contributed by atoms with Gasteiger partial charge in [0.1, 0.15) is 0 Å². The van der Waals surface area contributed by atoms with Crippen molar-refractivity contribution < 1.29 is 9.53 Å². The zero-order chi connectivity index (χ0) is 12.7. The SMILES string of the molecule is CC(C)(C)C(=O)OC1(Br)C=Nc2ccccc21. The number of hydrogen-bond donors (Lipinski definition) is 0. The van der Waals surface area contributed by atoms with E-state index in [2.05, 4.69) is 20.9 Å². The molecule has 0 fully saturated rings. The van der Waals surface area contributed by atoms with Crippen molar-refractivity contribution in [3.63, 3.8) is 0 Å². The van der Waals surface area contributed by atoms with Crippen molar-refractivity contribution in [2.75, 3.05) is 0 Å². The monoisotopic (exact) mass is 295 g/mol. The number of benzene rings is 1. The van der Waals surface area contributed by atoms with Gasteiger partial charge in [-0.2, -0.15) is 0 Å². The first-order chi connectivity index (χ1) is 7.83. The van der Waals surface area contributed by atoms with Crippen LogP contribution in [-0.4, -0.2) is 12.2 Å². The first kappa shape index (κ1) is 12.3. The van der Waals surface area contributed by atoms with Crippen LogP contribution >= 0.6 is 15.9 Å². The van der Waals surface area contributed by atoms with Gasteiger partial charge in [0.05, 0.1) is 17.3 Å². The van der Waals surface area contributed by atoms with E-state index >= 15 is 0 Å². The number of ether oxygens (including phenoxy) is 1. The van der Waals surface area contributed by atoms with Gasteiger partial charge in [-0.25, -0.2) is 0 Å². The smallest absolute Gasteiger partial charge is 0.313 e. The maximum absolute atomic E-state index is 11.9. The van der Waals surface area contributed by atoms with Crippen molar-refractivity contribution in [1.29, 1.82) is 0 Å². The van der Waals surface area contributed by atoms with E-state index in [1.165, 1.54) is 0 Å². The van der Waals surface area contributed by atoms with Crippen LogP contribution in [0.2, 0.25) is 0 Å². The average molecular weight is 296 g/mol. The molecule has 0 saturated carbocycles. The lowest BCUT2D eigenvalue weighted by Crippen LogP contribution is -2.32. The molecule has 1 aliphatic heterocycles. The molecule has 1 aromatic carbocycles. The van der Waals surface area contributed by atoms with Crippen molar-refractivity contribution in [3.05, 3.63) is 29.8 Å². The molecule has 4 heteroatoms. The van der Waals surface area contributed by atoms with Crippen LogP contribution in [-0.2, 0) is 14.0 Å². The van der Waals surface area contributed by atoms with Crippen molar-refractivity contribution in [1.82, 2.24) is 0 Å². The topological polar surface area (TPSA) is 38.7 Å². The molecule has 1 atom stereocenters. The number of alkyl halides is 1. The van der Waals surface area contributed by atoms with Gasteiger partial charge in [0.2, 0.25) is 4.51 Å². The standard InChI is InChI=1S/C13H14BrNO2/c1-12(2,3)11(16)17-13(14)8-15-10-7-5-4-6-9(10)13/h4-8H,1-3H3. The van der Waals surface area contributed by atoms with E-state index in [-0.39, 0.29) is 5.97 Å². The zero-order valence-corrected chi connectivity index (χ0v) is 11.6. The van der Waals surface area contributed by atoms with Crippen LogP contribution in [0.4, 0.5) is 5.69 Å². The Labute approximate surface area is 109 Å². The van der Waals surface area contributed by atoms with E-state index in [1.54, 1.807) is 6.21 Å². The Morgan fingerprint density at radius 3 is 2.65 bits per heavy atom. The van der Waals surface area contributed by atoms with Gasteiger partial charge in [-0.15, -0.1) is 0 Å². The minimum Gasteiger partial charge on any atom is -0.437 e. The Morgan fingerprint density at radius 2 is 2.00 bits per heavy atom. The summed E-state index contributed by atoms with van der Waals surface area (Å²) in [7, 11) is 0. The molecule has 1 aliphatic rings. The van der Waals surface area contributed by atoms with Crippen molar-refractivity contribution in [2.45, 2.75) is 25.3 Å². The molecule has 2 rings (SSSR count). The summed E-state index contributed by atoms with van der Waals surface area (Å²) < 4.78 is 4.60. The molecule has 3 nitrogen and oxygen atoms in total. The van der Waals surface area contributed by atoms with Crippen LogP contribution in [0.1, 0.15) is 26.3 Å². The number of halogens is 1. The highest BCUT2D eigenvalue weighted by Crippen LogP contribution is 2.43. The maximum Gasteiger partial charge on any atom is 0.313 e. The summed E-state index contributed by atoms with van der Waals surface area (Å²) >= 11 is 3.45. The van der Waals surface area contributed by atoms with E-state index in [1.807, 2.05) is 45.0 Å². The number of carbonyl (C=O) groups is 1. The van der Waals surface area contributed by atoms with Crippen LogP contribution in [0.3, 0.4) is 0 Å². The summed E-state index contributed by atoms with van der Waals surface area (Å²) in [6.45, 7) is 5.47. The number of carbonyl (C=O) groups excluding carboxylic acids is 1. The van der Waals surface area contributed by atoms with Gasteiger partial charge in [-0.3, -0.25) is 9.79 Å². The van der Waals surface area contributed by atoms with Crippen LogP contribution in [0.5, 0.6) is 0 Å². The highest BCUT2D eigenvalue weighted by atomic mass is 79.9. The summed E-state index contributed by atoms with van der Waals surface area (Å²) in [6, 6.07) is 7.59. The van der Waals surface area contributed by atoms with Gasteiger partial charge in [-0.1, -0.05) is 18.2 Å². The summed E-state index contributed by atoms with van der Waals surface area (Å²) in [4.78, 5) is 16.2. The van der Waals surface area contributed by atoms with Crippen LogP contribution in [0.15, 0.2) is 29.3 Å². The van der Waals surface area contributed by atoms with Crippen LogP contribution < -0.4 is 0 Å². The number of nitrogens with zero attached hydrogens (tertiary/aromatic N) is 1. The quantitative estimate of drug-likeness (QED) is 0.587. The molecule has 0 aliphatic carbocycles. The minimum atomic E-state index is -0.923. The average Bonchev–Trinajstić information content (AvgIpc) is 2.56. The molecule has 0 amide bonds. The Morgan fingerprint density at radius 1 is 1.35 bits per heavy atom. The van der Waals surface area contributed by atoms with Gasteiger partial charge in [0.15, 0.2) is 0 Å². The fourth-order valence-electron chi connectivity index (χ4n) is 1.47. The predicted octanol–water partition coefficient (Wildman–Crippen LogP) is 3.54. The number of aliphatic imine (C=N–C) groups is 1. The van der Waals surface area contributed by atoms with Crippen LogP contribution in [0.25, 0.3) is 0 Å². The molecule has 1 unspecified atom stereocenters. The second-order valence-corrected chi connectivity index (χ2v) is 6.24. The van der Waals surface area contributed by atoms with E-state index in [4.69, 9.17) is 4.74 Å². The molecule has 0 bridgehead atoms. The van der Waals surface area contributed by atoms with Crippen molar-refractivity contribution in [3.8, 4) is 0 Å². The molecule has 0 spiro atoms. The summed E-state index contributed by atoms with van der Waals surface area (Å²) in [5.41, 5.74) is 1.15. The molecule has 90 valence electrons. The first-order valence-corrected chi connectivity index (χ1v) is 6.19. The lowest BCUT2D eigenvalue weighted by Gasteiger charge is -2.25. The van der Waals surface area contributed by atoms with E-state index in [0.29, 0.717) is 0 Å². The number of esters is 1. The van der Waals surface area contributed by atoms with Gasteiger partial charge >= 0.3 is 5.97 Å². The van der Waals surface area contributed by atoms with Gasteiger partial charge in [0, 0.05) is 5.56 Å². The van der Waals surface area contributed by atoms with Gasteiger partial charge < -0.3 is 4.74 Å². The molecule has 0 radical (unpaired) electrons. The van der Waals surface area contributed by atoms with Crippen molar-refractivity contribution >= 4 is 33.8 Å². The third-order valence-electron chi connectivity index (χ3n) is 2.49. The molecular weight excluding hydrogens is 282 g/mol. The first-order valence-electron chi connectivity index (χ1n) is 5.40. The Hall–Kier alpha value is -1.16. The highest BCUT2D eigenvalue weighted by Gasteiger charge is 2.40.